The van der Waals surface area contributed by atoms with Gasteiger partial charge in [0.1, 0.15) is 0 Å². The summed E-state index contributed by atoms with van der Waals surface area (Å²) >= 11 is 0. The van der Waals surface area contributed by atoms with Gasteiger partial charge < -0.3 is 9.79 Å². The van der Waals surface area contributed by atoms with Crippen molar-refractivity contribution in [1.29, 1.82) is 0 Å². The fourth-order valence-electron chi connectivity index (χ4n) is 0. The molecule has 1 radical (unpaired) electrons. The summed E-state index contributed by atoms with van der Waals surface area (Å²) in [6, 6.07) is 0. The number of rotatable bonds is 1. The molecule has 0 aromatic rings. The first-order valence-corrected chi connectivity index (χ1v) is 2.45. The van der Waals surface area contributed by atoms with Gasteiger partial charge in [0.15, 0.2) is 0 Å². The topological polar surface area (TPSA) is 66.8 Å². The van der Waals surface area contributed by atoms with Crippen LogP contribution in [-0.2, 0) is 27.8 Å². The second-order valence-electron chi connectivity index (χ2n) is 0.560. The molecule has 0 fully saturated rings. The first-order chi connectivity index (χ1) is 2.56. The molecule has 0 bridgehead atoms. The normalized spacial score (nSPS) is 8.88. The third kappa shape index (κ3) is 15.7. The zero-order valence-corrected chi connectivity index (χ0v) is 5.27. The van der Waals surface area contributed by atoms with Gasteiger partial charge in [-0.3, -0.25) is 0 Å². The maximum absolute atomic E-state index is 10.2. The van der Waals surface area contributed by atoms with Gasteiger partial charge in [-0.2, -0.15) is 0 Å². The maximum Gasteiger partial charge on any atom is 0 e. The van der Waals surface area contributed by atoms with Crippen molar-refractivity contribution in [2.45, 2.75) is 0 Å². The summed E-state index contributed by atoms with van der Waals surface area (Å²) in [5, 5.41) is 0. The molecular formula is H3FLiO4PV. The maximum atomic E-state index is 10.2. The molecule has 0 saturated carbocycles. The minimum atomic E-state index is -4.81. The van der Waals surface area contributed by atoms with Crippen molar-refractivity contribution >= 4 is 26.7 Å². The van der Waals surface area contributed by atoms with E-state index in [4.69, 9.17) is 14.4 Å². The quantitative estimate of drug-likeness (QED) is 0.409. The van der Waals surface area contributed by atoms with E-state index >= 15 is 0 Å². The molecule has 0 aliphatic heterocycles. The molecule has 8 heteroatoms. The van der Waals surface area contributed by atoms with E-state index in [1.54, 1.807) is 0 Å². The first-order valence-electron chi connectivity index (χ1n) is 0.919. The van der Waals surface area contributed by atoms with Crippen LogP contribution in [0.25, 0.3) is 0 Å². The summed E-state index contributed by atoms with van der Waals surface area (Å²) < 4.78 is 21.4. The first kappa shape index (κ1) is 16.1. The minimum Gasteiger partial charge on any atom is 0 e. The fourth-order valence-corrected chi connectivity index (χ4v) is 0. The SMILES string of the molecule is O=P(O)(O)OF.[LiH].[V]. The van der Waals surface area contributed by atoms with Crippen LogP contribution in [0.4, 0.5) is 4.53 Å². The number of halogens is 1. The van der Waals surface area contributed by atoms with E-state index in [1.165, 1.54) is 0 Å². The molecule has 0 atom stereocenters. The molecule has 0 amide bonds. The van der Waals surface area contributed by atoms with E-state index in [0.717, 1.165) is 0 Å². The zero-order chi connectivity index (χ0) is 5.21. The van der Waals surface area contributed by atoms with Crippen molar-refractivity contribution in [3.8, 4) is 0 Å². The second kappa shape index (κ2) is 6.34. The van der Waals surface area contributed by atoms with E-state index in [-0.39, 0.29) is 37.4 Å². The summed E-state index contributed by atoms with van der Waals surface area (Å²) in [6.45, 7) is 0. The van der Waals surface area contributed by atoms with Gasteiger partial charge in [0.25, 0.3) is 0 Å². The summed E-state index contributed by atoms with van der Waals surface area (Å²) in [4.78, 5) is 14.7. The van der Waals surface area contributed by atoms with Gasteiger partial charge in [-0.15, -0.1) is 0 Å². The van der Waals surface area contributed by atoms with Gasteiger partial charge in [-0.05, 0) is 4.53 Å². The monoisotopic (exact) mass is 175 g/mol. The molecule has 0 rings (SSSR count). The van der Waals surface area contributed by atoms with Gasteiger partial charge in [-0.1, -0.05) is 4.73 Å². The van der Waals surface area contributed by atoms with E-state index in [0.29, 0.717) is 0 Å². The van der Waals surface area contributed by atoms with E-state index < -0.39 is 7.82 Å². The van der Waals surface area contributed by atoms with Crippen LogP contribution < -0.4 is 0 Å². The van der Waals surface area contributed by atoms with Gasteiger partial charge in [0.2, 0.25) is 0 Å². The second-order valence-corrected chi connectivity index (χ2v) is 1.68. The molecule has 0 aromatic heterocycles. The van der Waals surface area contributed by atoms with Crippen LogP contribution in [0.2, 0.25) is 0 Å². The van der Waals surface area contributed by atoms with Crippen molar-refractivity contribution < 1.29 is 42.2 Å². The molecule has 0 aliphatic carbocycles. The Balaban J connectivity index is -0.000000125. The smallest absolute Gasteiger partial charge is 0 e. The molecule has 0 unspecified atom stereocenters. The molecule has 45 valence electrons. The van der Waals surface area contributed by atoms with Crippen molar-refractivity contribution in [2.75, 3.05) is 0 Å². The molecule has 0 aliphatic rings. The average molecular weight is 175 g/mol. The average Bonchev–Trinajstić information content (AvgIpc) is 1.35. The molecule has 0 saturated heterocycles. The van der Waals surface area contributed by atoms with Gasteiger partial charge in [0, 0.05) is 18.6 Å². The van der Waals surface area contributed by atoms with Crippen molar-refractivity contribution in [3.05, 3.63) is 0 Å². The summed E-state index contributed by atoms with van der Waals surface area (Å²) in [5.41, 5.74) is 0. The van der Waals surface area contributed by atoms with Crippen LogP contribution >= 0.6 is 7.82 Å². The van der Waals surface area contributed by atoms with Crippen LogP contribution in [0.3, 0.4) is 0 Å². The predicted molar refractivity (Wildman–Crippen MR) is 21.4 cm³/mol. The van der Waals surface area contributed by atoms with E-state index in [9.17, 15) is 4.53 Å². The molecule has 2 N–H and O–H groups in total. The Kier molecular flexibility index (Phi) is 12.8. The largest absolute Gasteiger partial charge is 0 e. The van der Waals surface area contributed by atoms with Crippen molar-refractivity contribution in [2.24, 2.45) is 0 Å². The molecular weight excluding hydrogens is 172 g/mol. The fraction of sp³-hybridized carbons (Fsp3) is 0. The number of hydrogen-bond acceptors (Lipinski definition) is 2. The Hall–Kier alpha value is 1.22. The minimum absolute atomic E-state index is 0. The Bertz CT molecular complexity index is 80.1. The van der Waals surface area contributed by atoms with Crippen LogP contribution in [0.15, 0.2) is 0 Å². The van der Waals surface area contributed by atoms with Crippen LogP contribution in [0.5, 0.6) is 0 Å². The molecule has 8 heavy (non-hydrogen) atoms. The van der Waals surface area contributed by atoms with E-state index in [1.807, 2.05) is 0 Å². The molecule has 0 heterocycles. The van der Waals surface area contributed by atoms with E-state index in [2.05, 4.69) is 4.73 Å². The molecule has 0 spiro atoms. The van der Waals surface area contributed by atoms with Gasteiger partial charge >= 0.3 is 26.7 Å². The Labute approximate surface area is 69.0 Å². The summed E-state index contributed by atoms with van der Waals surface area (Å²) in [7, 11) is -4.81. The van der Waals surface area contributed by atoms with Crippen molar-refractivity contribution in [3.63, 3.8) is 0 Å². The zero-order valence-electron chi connectivity index (χ0n) is 2.98. The third-order valence-electron chi connectivity index (χ3n) is 0.0899. The van der Waals surface area contributed by atoms with Crippen LogP contribution in [0, 0.1) is 0 Å². The Morgan fingerprint density at radius 3 is 1.62 bits per heavy atom. The van der Waals surface area contributed by atoms with Crippen LogP contribution in [-0.4, -0.2) is 28.6 Å². The standard InChI is InChI=1S/FH2O4P.Li.V.H/c1-5-6(2,3)4;;;/h(H2,2,3,4);;;. The summed E-state index contributed by atoms with van der Waals surface area (Å²) in [6.07, 6.45) is 0. The summed E-state index contributed by atoms with van der Waals surface area (Å²) in [5.74, 6) is 0. The van der Waals surface area contributed by atoms with Crippen molar-refractivity contribution in [1.82, 2.24) is 0 Å². The molecule has 4 nitrogen and oxygen atoms in total. The van der Waals surface area contributed by atoms with Gasteiger partial charge in [-0.25, -0.2) is 4.57 Å². The third-order valence-corrected chi connectivity index (χ3v) is 0.270. The van der Waals surface area contributed by atoms with Crippen LogP contribution in [0.1, 0.15) is 0 Å². The van der Waals surface area contributed by atoms with Gasteiger partial charge in [0.05, 0.1) is 0 Å². The Morgan fingerprint density at radius 1 is 1.50 bits per heavy atom. The molecule has 0 aromatic carbocycles. The Morgan fingerprint density at radius 2 is 1.62 bits per heavy atom. The predicted octanol–water partition coefficient (Wildman–Crippen LogP) is -0.671. The number of phosphoric acid groups is 1. The number of hydrogen-bond donors (Lipinski definition) is 2.